The average molecular weight is 230 g/mol. The van der Waals surface area contributed by atoms with Gasteiger partial charge in [0.2, 0.25) is 6.79 Å². The molecule has 1 aliphatic rings. The Morgan fingerprint density at radius 3 is 2.60 bits per heavy atom. The minimum absolute atomic E-state index is 0.0400. The minimum atomic E-state index is -0.476. The van der Waals surface area contributed by atoms with Gasteiger partial charge in [0.25, 0.3) is 5.69 Å². The van der Waals surface area contributed by atoms with Gasteiger partial charge < -0.3 is 9.47 Å². The first kappa shape index (κ1) is 10.0. The molecular weight excluding hydrogens is 222 g/mol. The Balaban J connectivity index is 2.57. The van der Waals surface area contributed by atoms with Crippen molar-refractivity contribution in [3.8, 4) is 11.5 Å². The van der Waals surface area contributed by atoms with Gasteiger partial charge in [0.15, 0.2) is 11.5 Å². The van der Waals surface area contributed by atoms with Gasteiger partial charge in [0, 0.05) is 0 Å². The van der Waals surface area contributed by atoms with E-state index >= 15 is 0 Å². The van der Waals surface area contributed by atoms with E-state index < -0.39 is 10.3 Å². The van der Waals surface area contributed by atoms with Crippen LogP contribution in [0.1, 0.15) is 17.9 Å². The van der Waals surface area contributed by atoms with Crippen molar-refractivity contribution in [2.24, 2.45) is 0 Å². The topological polar surface area (TPSA) is 61.6 Å². The van der Waals surface area contributed by atoms with Crippen molar-refractivity contribution in [3.05, 3.63) is 27.8 Å². The third-order valence-electron chi connectivity index (χ3n) is 2.15. The van der Waals surface area contributed by atoms with Crippen molar-refractivity contribution in [1.29, 1.82) is 0 Å². The molecule has 0 bridgehead atoms. The molecule has 0 saturated heterocycles. The SMILES string of the molecule is C[C@@H](Cl)c1cc2c(cc1[N+](=O)[O-])OCO2. The van der Waals surface area contributed by atoms with Crippen LogP contribution in [-0.2, 0) is 0 Å². The van der Waals surface area contributed by atoms with Crippen LogP contribution in [0.25, 0.3) is 0 Å². The smallest absolute Gasteiger partial charge is 0.278 e. The lowest BCUT2D eigenvalue weighted by atomic mass is 10.1. The van der Waals surface area contributed by atoms with E-state index in [4.69, 9.17) is 21.1 Å². The van der Waals surface area contributed by atoms with Crippen molar-refractivity contribution in [2.75, 3.05) is 6.79 Å². The highest BCUT2D eigenvalue weighted by Gasteiger charge is 2.25. The molecule has 0 N–H and O–H groups in total. The molecule has 1 atom stereocenters. The van der Waals surface area contributed by atoms with Gasteiger partial charge in [-0.05, 0) is 13.0 Å². The van der Waals surface area contributed by atoms with Crippen LogP contribution in [0.5, 0.6) is 11.5 Å². The Hall–Kier alpha value is -1.49. The Morgan fingerprint density at radius 2 is 2.07 bits per heavy atom. The first-order valence-corrected chi connectivity index (χ1v) is 4.75. The summed E-state index contributed by atoms with van der Waals surface area (Å²) in [5.41, 5.74) is 0.396. The van der Waals surface area contributed by atoms with Crippen molar-refractivity contribution in [3.63, 3.8) is 0 Å². The second-order valence-electron chi connectivity index (χ2n) is 3.14. The number of nitro benzene ring substituents is 1. The van der Waals surface area contributed by atoms with Crippen LogP contribution in [0.2, 0.25) is 0 Å². The Morgan fingerprint density at radius 1 is 1.47 bits per heavy atom. The van der Waals surface area contributed by atoms with E-state index in [0.29, 0.717) is 17.1 Å². The maximum Gasteiger partial charge on any atom is 0.278 e. The van der Waals surface area contributed by atoms with Crippen molar-refractivity contribution in [1.82, 2.24) is 0 Å². The van der Waals surface area contributed by atoms with Gasteiger partial charge in [-0.15, -0.1) is 11.6 Å². The molecule has 0 saturated carbocycles. The van der Waals surface area contributed by atoms with Crippen molar-refractivity contribution < 1.29 is 14.4 Å². The molecule has 6 heteroatoms. The average Bonchev–Trinajstić information content (AvgIpc) is 2.61. The van der Waals surface area contributed by atoms with E-state index in [0.717, 1.165) is 0 Å². The zero-order chi connectivity index (χ0) is 11.0. The highest BCUT2D eigenvalue weighted by Crippen LogP contribution is 2.41. The Labute approximate surface area is 90.7 Å². The predicted molar refractivity (Wildman–Crippen MR) is 53.5 cm³/mol. The summed E-state index contributed by atoms with van der Waals surface area (Å²) >= 11 is 5.85. The molecule has 0 aromatic heterocycles. The van der Waals surface area contributed by atoms with Crippen molar-refractivity contribution in [2.45, 2.75) is 12.3 Å². The quantitative estimate of drug-likeness (QED) is 0.444. The zero-order valence-electron chi connectivity index (χ0n) is 7.90. The van der Waals surface area contributed by atoms with E-state index in [1.807, 2.05) is 0 Å². The molecule has 0 fully saturated rings. The van der Waals surface area contributed by atoms with Crippen LogP contribution < -0.4 is 9.47 Å². The van der Waals surface area contributed by atoms with Crippen LogP contribution in [0.4, 0.5) is 5.69 Å². The summed E-state index contributed by atoms with van der Waals surface area (Å²) in [6.07, 6.45) is 0. The van der Waals surface area contributed by atoms with Gasteiger partial charge in [-0.3, -0.25) is 10.1 Å². The van der Waals surface area contributed by atoms with E-state index in [1.54, 1.807) is 13.0 Å². The molecule has 1 aromatic carbocycles. The standard InChI is InChI=1S/C9H8ClNO4/c1-5(10)6-2-8-9(15-4-14-8)3-7(6)11(12)13/h2-3,5H,4H2,1H3/t5-/m1/s1. The summed E-state index contributed by atoms with van der Waals surface area (Å²) < 4.78 is 10.2. The largest absolute Gasteiger partial charge is 0.454 e. The summed E-state index contributed by atoms with van der Waals surface area (Å²) in [4.78, 5) is 10.3. The number of ether oxygens (including phenoxy) is 2. The second-order valence-corrected chi connectivity index (χ2v) is 3.79. The van der Waals surface area contributed by atoms with E-state index in [-0.39, 0.29) is 12.5 Å². The lowest BCUT2D eigenvalue weighted by molar-refractivity contribution is -0.385. The molecule has 15 heavy (non-hydrogen) atoms. The molecule has 1 heterocycles. The molecule has 5 nitrogen and oxygen atoms in total. The maximum atomic E-state index is 10.8. The van der Waals surface area contributed by atoms with Gasteiger partial charge in [-0.2, -0.15) is 0 Å². The van der Waals surface area contributed by atoms with Crippen LogP contribution in [0, 0.1) is 10.1 Å². The number of hydrogen-bond acceptors (Lipinski definition) is 4. The minimum Gasteiger partial charge on any atom is -0.454 e. The molecule has 2 rings (SSSR count). The number of rotatable bonds is 2. The summed E-state index contributed by atoms with van der Waals surface area (Å²) in [5.74, 6) is 0.894. The van der Waals surface area contributed by atoms with E-state index in [1.165, 1.54) is 6.07 Å². The number of benzene rings is 1. The number of nitrogens with zero attached hydrogens (tertiary/aromatic N) is 1. The van der Waals surface area contributed by atoms with Crippen LogP contribution in [0.3, 0.4) is 0 Å². The Bertz CT molecular complexity index is 419. The fourth-order valence-corrected chi connectivity index (χ4v) is 1.60. The normalized spacial score (nSPS) is 15.1. The monoisotopic (exact) mass is 229 g/mol. The molecule has 0 aliphatic carbocycles. The number of alkyl halides is 1. The Kier molecular flexibility index (Phi) is 2.40. The van der Waals surface area contributed by atoms with Crippen LogP contribution in [0.15, 0.2) is 12.1 Å². The summed E-state index contributed by atoms with van der Waals surface area (Å²) in [6, 6.07) is 2.90. The summed E-state index contributed by atoms with van der Waals surface area (Å²) in [6.45, 7) is 1.76. The maximum absolute atomic E-state index is 10.8. The zero-order valence-corrected chi connectivity index (χ0v) is 8.65. The fraction of sp³-hybridized carbons (Fsp3) is 0.333. The van der Waals surface area contributed by atoms with E-state index in [9.17, 15) is 10.1 Å². The first-order valence-electron chi connectivity index (χ1n) is 4.31. The highest BCUT2D eigenvalue weighted by molar-refractivity contribution is 6.20. The van der Waals surface area contributed by atoms with Gasteiger partial charge in [-0.1, -0.05) is 0 Å². The molecular formula is C9H8ClNO4. The lowest BCUT2D eigenvalue weighted by Crippen LogP contribution is -1.96. The molecule has 0 amide bonds. The molecule has 0 radical (unpaired) electrons. The molecule has 1 aromatic rings. The third-order valence-corrected chi connectivity index (χ3v) is 2.38. The first-order chi connectivity index (χ1) is 7.09. The molecule has 80 valence electrons. The number of nitro groups is 1. The second kappa shape index (κ2) is 3.58. The molecule has 1 aliphatic heterocycles. The number of fused-ring (bicyclic) bond motifs is 1. The van der Waals surface area contributed by atoms with Crippen LogP contribution >= 0.6 is 11.6 Å². The van der Waals surface area contributed by atoms with Gasteiger partial charge in [-0.25, -0.2) is 0 Å². The molecule has 0 unspecified atom stereocenters. The fourth-order valence-electron chi connectivity index (χ4n) is 1.42. The predicted octanol–water partition coefficient (Wildman–Crippen LogP) is 2.62. The van der Waals surface area contributed by atoms with E-state index in [2.05, 4.69) is 0 Å². The van der Waals surface area contributed by atoms with Crippen LogP contribution in [-0.4, -0.2) is 11.7 Å². The van der Waals surface area contributed by atoms with Gasteiger partial charge in [0.1, 0.15) is 0 Å². The van der Waals surface area contributed by atoms with Crippen molar-refractivity contribution >= 4 is 17.3 Å². The summed E-state index contributed by atoms with van der Waals surface area (Å²) in [5, 5.41) is 10.3. The number of halogens is 1. The van der Waals surface area contributed by atoms with Gasteiger partial charge >= 0.3 is 0 Å². The molecule has 0 spiro atoms. The third kappa shape index (κ3) is 1.70. The number of hydrogen-bond donors (Lipinski definition) is 0. The lowest BCUT2D eigenvalue weighted by Gasteiger charge is -2.05. The van der Waals surface area contributed by atoms with Gasteiger partial charge in [0.05, 0.1) is 21.9 Å². The highest BCUT2D eigenvalue weighted by atomic mass is 35.5. The summed E-state index contributed by atoms with van der Waals surface area (Å²) in [7, 11) is 0.